The van der Waals surface area contributed by atoms with Crippen LogP contribution < -0.4 is 19.9 Å². The van der Waals surface area contributed by atoms with Crippen LogP contribution in [0.25, 0.3) is 0 Å². The lowest BCUT2D eigenvalue weighted by Gasteiger charge is -2.15. The molecule has 0 radical (unpaired) electrons. The number of carbonyl (C=O) groups excluding carboxylic acids is 2. The number of ether oxygens (including phenoxy) is 2. The van der Waals surface area contributed by atoms with Gasteiger partial charge in [-0.15, -0.1) is 0 Å². The number of amides is 1. The number of nitrogens with one attached hydrogen (secondary N) is 1. The number of carbonyl (C=O) groups is 2. The van der Waals surface area contributed by atoms with E-state index in [1.165, 1.54) is 51.5 Å². The summed E-state index contributed by atoms with van der Waals surface area (Å²) in [5.41, 5.74) is 6.07. The molecule has 2 rings (SSSR count). The van der Waals surface area contributed by atoms with E-state index in [0.717, 1.165) is 0 Å². The molecule has 0 atom stereocenters. The van der Waals surface area contributed by atoms with E-state index >= 15 is 0 Å². The predicted octanol–water partition coefficient (Wildman–Crippen LogP) is 2.11. The van der Waals surface area contributed by atoms with Crippen LogP contribution >= 0.6 is 0 Å². The topological polar surface area (TPSA) is 125 Å². The molecule has 0 saturated heterocycles. The molecule has 0 aromatic heterocycles. The third-order valence-electron chi connectivity index (χ3n) is 3.93. The van der Waals surface area contributed by atoms with Crippen LogP contribution in [0, 0.1) is 6.92 Å². The minimum absolute atomic E-state index is 0.0290. The second kappa shape index (κ2) is 7.67. The lowest BCUT2D eigenvalue weighted by atomic mass is 10.1. The minimum Gasteiger partial charge on any atom is -0.493 e. The summed E-state index contributed by atoms with van der Waals surface area (Å²) in [6.07, 6.45) is 0. The molecule has 2 aromatic carbocycles. The molecule has 2 aromatic rings. The average Bonchev–Trinajstić information content (AvgIpc) is 2.60. The van der Waals surface area contributed by atoms with Gasteiger partial charge in [0.15, 0.2) is 17.3 Å². The first-order chi connectivity index (χ1) is 12.6. The number of hydrogen-bond acceptors (Lipinski definition) is 6. The number of benzene rings is 2. The molecule has 0 aliphatic carbocycles. The Morgan fingerprint density at radius 1 is 1.00 bits per heavy atom. The van der Waals surface area contributed by atoms with Gasteiger partial charge in [0, 0.05) is 17.2 Å². The Bertz CT molecular complexity index is 1010. The summed E-state index contributed by atoms with van der Waals surface area (Å²) < 4.78 is 38.2. The smallest absolute Gasteiger partial charge is 0.261 e. The second-order valence-corrected chi connectivity index (χ2v) is 7.44. The maximum absolute atomic E-state index is 12.8. The summed E-state index contributed by atoms with van der Waals surface area (Å²) in [5, 5.41) is 0. The van der Waals surface area contributed by atoms with Crippen LogP contribution in [0.4, 0.5) is 5.69 Å². The van der Waals surface area contributed by atoms with E-state index in [0.29, 0.717) is 5.56 Å². The minimum atomic E-state index is -4.09. The summed E-state index contributed by atoms with van der Waals surface area (Å²) in [6.45, 7) is 2.95. The van der Waals surface area contributed by atoms with E-state index in [1.807, 2.05) is 0 Å². The molecule has 8 nitrogen and oxygen atoms in total. The highest BCUT2D eigenvalue weighted by Crippen LogP contribution is 2.34. The number of sulfonamides is 1. The summed E-state index contributed by atoms with van der Waals surface area (Å²) >= 11 is 0. The number of ketones is 1. The maximum Gasteiger partial charge on any atom is 0.261 e. The molecular weight excluding hydrogens is 372 g/mol. The second-order valence-electron chi connectivity index (χ2n) is 5.76. The Morgan fingerprint density at radius 3 is 2.11 bits per heavy atom. The van der Waals surface area contributed by atoms with Gasteiger partial charge in [0.2, 0.25) is 5.91 Å². The van der Waals surface area contributed by atoms with Gasteiger partial charge < -0.3 is 15.2 Å². The van der Waals surface area contributed by atoms with Crippen molar-refractivity contribution in [1.82, 2.24) is 0 Å². The molecule has 3 N–H and O–H groups in total. The molecule has 9 heteroatoms. The standard InChI is InChI=1S/C18H20N2O6S/c1-10-5-6-12(7-13(10)18(19)22)27(23,24)20-15-9-17(26-4)16(25-3)8-14(15)11(2)21/h5-9,20H,1-4H3,(H2,19,22). The quantitative estimate of drug-likeness (QED) is 0.695. The van der Waals surface area contributed by atoms with E-state index in [9.17, 15) is 18.0 Å². The van der Waals surface area contributed by atoms with Crippen molar-refractivity contribution in [3.8, 4) is 11.5 Å². The Kier molecular flexibility index (Phi) is 5.75. The summed E-state index contributed by atoms with van der Waals surface area (Å²) in [6, 6.07) is 6.76. The maximum atomic E-state index is 12.8. The van der Waals surface area contributed by atoms with Crippen molar-refractivity contribution < 1.29 is 27.5 Å². The summed E-state index contributed by atoms with van der Waals surface area (Å²) in [4.78, 5) is 23.3. The molecule has 144 valence electrons. The van der Waals surface area contributed by atoms with E-state index in [2.05, 4.69) is 4.72 Å². The van der Waals surface area contributed by atoms with Gasteiger partial charge in [0.25, 0.3) is 10.0 Å². The largest absolute Gasteiger partial charge is 0.493 e. The lowest BCUT2D eigenvalue weighted by molar-refractivity contribution is 0.0995. The lowest BCUT2D eigenvalue weighted by Crippen LogP contribution is -2.18. The molecule has 27 heavy (non-hydrogen) atoms. The molecule has 0 unspecified atom stereocenters. The van der Waals surface area contributed by atoms with Crippen LogP contribution in [0.5, 0.6) is 11.5 Å². The molecule has 0 fully saturated rings. The number of anilines is 1. The van der Waals surface area contributed by atoms with Gasteiger partial charge in [-0.1, -0.05) is 6.07 Å². The van der Waals surface area contributed by atoms with Gasteiger partial charge in [0.05, 0.1) is 24.8 Å². The summed E-state index contributed by atoms with van der Waals surface area (Å²) in [7, 11) is -1.30. The first-order valence-electron chi connectivity index (χ1n) is 7.81. The zero-order valence-corrected chi connectivity index (χ0v) is 16.1. The van der Waals surface area contributed by atoms with Gasteiger partial charge >= 0.3 is 0 Å². The fourth-order valence-electron chi connectivity index (χ4n) is 2.49. The third kappa shape index (κ3) is 4.20. The van der Waals surface area contributed by atoms with Crippen molar-refractivity contribution in [1.29, 1.82) is 0 Å². The fraction of sp³-hybridized carbons (Fsp3) is 0.222. The fourth-order valence-corrected chi connectivity index (χ4v) is 3.59. The third-order valence-corrected chi connectivity index (χ3v) is 5.30. The molecule has 0 heterocycles. The van der Waals surface area contributed by atoms with Crippen LogP contribution in [0.1, 0.15) is 33.2 Å². The van der Waals surface area contributed by atoms with Crippen LogP contribution in [0.2, 0.25) is 0 Å². The highest BCUT2D eigenvalue weighted by Gasteiger charge is 2.22. The van der Waals surface area contributed by atoms with Crippen LogP contribution in [-0.4, -0.2) is 34.3 Å². The van der Waals surface area contributed by atoms with Gasteiger partial charge in [-0.25, -0.2) is 8.42 Å². The highest BCUT2D eigenvalue weighted by molar-refractivity contribution is 7.92. The number of nitrogens with two attached hydrogens (primary N) is 1. The molecule has 0 bridgehead atoms. The van der Waals surface area contributed by atoms with Crippen molar-refractivity contribution in [3.63, 3.8) is 0 Å². The van der Waals surface area contributed by atoms with E-state index in [1.54, 1.807) is 6.92 Å². The molecule has 0 aliphatic rings. The Morgan fingerprint density at radius 2 is 1.59 bits per heavy atom. The number of primary amides is 1. The van der Waals surface area contributed by atoms with Gasteiger partial charge in [-0.05, 0) is 37.6 Å². The normalized spacial score (nSPS) is 11.0. The van der Waals surface area contributed by atoms with Crippen molar-refractivity contribution in [2.24, 2.45) is 5.73 Å². The molecular formula is C18H20N2O6S. The number of aryl methyl sites for hydroxylation is 1. The number of rotatable bonds is 7. The van der Waals surface area contributed by atoms with Gasteiger partial charge in [-0.3, -0.25) is 14.3 Å². The predicted molar refractivity (Wildman–Crippen MR) is 100 cm³/mol. The first-order valence-corrected chi connectivity index (χ1v) is 9.29. The van der Waals surface area contributed by atoms with Crippen molar-refractivity contribution in [3.05, 3.63) is 47.0 Å². The molecule has 0 aliphatic heterocycles. The Balaban J connectivity index is 2.56. The average molecular weight is 392 g/mol. The number of methoxy groups -OCH3 is 2. The van der Waals surface area contributed by atoms with Crippen molar-refractivity contribution >= 4 is 27.4 Å². The van der Waals surface area contributed by atoms with Gasteiger partial charge in [-0.2, -0.15) is 0 Å². The van der Waals surface area contributed by atoms with E-state index in [-0.39, 0.29) is 39.0 Å². The number of hydrogen-bond donors (Lipinski definition) is 2. The molecule has 1 amide bonds. The zero-order valence-electron chi connectivity index (χ0n) is 15.3. The molecule has 0 spiro atoms. The number of Topliss-reactive ketones (excluding diaryl/α,β-unsaturated/α-hetero) is 1. The Hall–Kier alpha value is -3.07. The Labute approximate surface area is 157 Å². The van der Waals surface area contributed by atoms with E-state index in [4.69, 9.17) is 15.2 Å². The highest BCUT2D eigenvalue weighted by atomic mass is 32.2. The van der Waals surface area contributed by atoms with Crippen molar-refractivity contribution in [2.75, 3.05) is 18.9 Å². The van der Waals surface area contributed by atoms with Crippen LogP contribution in [-0.2, 0) is 10.0 Å². The first kappa shape index (κ1) is 20.2. The van der Waals surface area contributed by atoms with Gasteiger partial charge in [0.1, 0.15) is 0 Å². The van der Waals surface area contributed by atoms with Crippen LogP contribution in [0.15, 0.2) is 35.2 Å². The summed E-state index contributed by atoms with van der Waals surface area (Å²) in [5.74, 6) is -0.561. The molecule has 0 saturated carbocycles. The van der Waals surface area contributed by atoms with E-state index < -0.39 is 15.9 Å². The van der Waals surface area contributed by atoms with Crippen LogP contribution in [0.3, 0.4) is 0 Å². The SMILES string of the molecule is COc1cc(NS(=O)(=O)c2ccc(C)c(C(N)=O)c2)c(C(C)=O)cc1OC. The zero-order chi connectivity index (χ0) is 20.4. The monoisotopic (exact) mass is 392 g/mol. The van der Waals surface area contributed by atoms with Crippen molar-refractivity contribution in [2.45, 2.75) is 18.7 Å².